The van der Waals surface area contributed by atoms with Gasteiger partial charge in [-0.3, -0.25) is 9.59 Å². The third-order valence-electron chi connectivity index (χ3n) is 4.67. The molecule has 0 aliphatic carbocycles. The summed E-state index contributed by atoms with van der Waals surface area (Å²) in [5.41, 5.74) is 0.986. The molecule has 2 aromatic carbocycles. The van der Waals surface area contributed by atoms with Crippen molar-refractivity contribution in [3.8, 4) is 5.75 Å². The van der Waals surface area contributed by atoms with Crippen LogP contribution in [-0.2, 0) is 4.79 Å². The molecule has 2 aromatic rings. The summed E-state index contributed by atoms with van der Waals surface area (Å²) in [5.74, 6) is -0.556. The van der Waals surface area contributed by atoms with E-state index >= 15 is 0 Å². The lowest BCUT2D eigenvalue weighted by Crippen LogP contribution is -2.40. The van der Waals surface area contributed by atoms with E-state index in [-0.39, 0.29) is 24.1 Å². The number of likely N-dealkylation sites (tertiary alicyclic amines) is 1. The Morgan fingerprint density at radius 1 is 1.19 bits per heavy atom. The molecule has 1 N–H and O–H groups in total. The zero-order chi connectivity index (χ0) is 19.2. The molecule has 0 saturated carbocycles. The van der Waals surface area contributed by atoms with Crippen LogP contribution in [0.4, 0.5) is 4.39 Å². The number of benzene rings is 2. The van der Waals surface area contributed by atoms with E-state index in [1.165, 1.54) is 18.2 Å². The highest BCUT2D eigenvalue weighted by Gasteiger charge is 2.30. The highest BCUT2D eigenvalue weighted by molar-refractivity contribution is 5.96. The van der Waals surface area contributed by atoms with Gasteiger partial charge in [0.15, 0.2) is 0 Å². The second-order valence-electron chi connectivity index (χ2n) is 6.41. The third kappa shape index (κ3) is 4.45. The molecule has 0 spiro atoms. The quantitative estimate of drug-likeness (QED) is 0.849. The van der Waals surface area contributed by atoms with Crippen molar-refractivity contribution in [1.82, 2.24) is 10.2 Å². The predicted molar refractivity (Wildman–Crippen MR) is 100 cm³/mol. The molecule has 1 saturated heterocycles. The van der Waals surface area contributed by atoms with E-state index in [4.69, 9.17) is 4.74 Å². The molecule has 1 fully saturated rings. The van der Waals surface area contributed by atoms with Crippen LogP contribution in [0.15, 0.2) is 48.5 Å². The number of hydrogen-bond donors (Lipinski definition) is 1. The average Bonchev–Trinajstić information content (AvgIpc) is 3.17. The van der Waals surface area contributed by atoms with Crippen LogP contribution < -0.4 is 10.1 Å². The molecular weight excluding hydrogens is 347 g/mol. The molecule has 1 aliphatic rings. The first-order valence-corrected chi connectivity index (χ1v) is 9.15. The smallest absolute Gasteiger partial charge is 0.254 e. The van der Waals surface area contributed by atoms with Crippen molar-refractivity contribution >= 4 is 11.8 Å². The van der Waals surface area contributed by atoms with Crippen LogP contribution in [0.3, 0.4) is 0 Å². The van der Waals surface area contributed by atoms with Gasteiger partial charge in [0.2, 0.25) is 5.91 Å². The number of amides is 2. The SMILES string of the molecule is CCOc1ccc([C@H]2CCCN2C(=O)CNC(=O)c2ccccc2F)cc1. The zero-order valence-electron chi connectivity index (χ0n) is 15.3. The van der Waals surface area contributed by atoms with Gasteiger partial charge in [-0.1, -0.05) is 24.3 Å². The first-order valence-electron chi connectivity index (χ1n) is 9.15. The molecule has 142 valence electrons. The Labute approximate surface area is 158 Å². The highest BCUT2D eigenvalue weighted by atomic mass is 19.1. The first-order chi connectivity index (χ1) is 13.1. The minimum atomic E-state index is -0.601. The molecule has 5 nitrogen and oxygen atoms in total. The number of carbonyl (C=O) groups is 2. The average molecular weight is 370 g/mol. The van der Waals surface area contributed by atoms with Crippen molar-refractivity contribution in [3.63, 3.8) is 0 Å². The van der Waals surface area contributed by atoms with Gasteiger partial charge in [0, 0.05) is 6.54 Å². The molecule has 1 heterocycles. The van der Waals surface area contributed by atoms with Crippen molar-refractivity contribution in [3.05, 3.63) is 65.5 Å². The fourth-order valence-electron chi connectivity index (χ4n) is 3.36. The van der Waals surface area contributed by atoms with Gasteiger partial charge in [0.1, 0.15) is 11.6 Å². The Bertz CT molecular complexity index is 807. The standard InChI is InChI=1S/C21H23FN2O3/c1-2-27-16-11-9-15(10-12-16)19-8-5-13-24(19)20(25)14-23-21(26)17-6-3-4-7-18(17)22/h3-4,6-7,9-12,19H,2,5,8,13-14H2,1H3,(H,23,26)/t19-/m1/s1. The molecule has 2 amide bonds. The Hall–Kier alpha value is -2.89. The fourth-order valence-corrected chi connectivity index (χ4v) is 3.36. The number of nitrogens with zero attached hydrogens (tertiary/aromatic N) is 1. The molecule has 1 atom stereocenters. The normalized spacial score (nSPS) is 16.2. The van der Waals surface area contributed by atoms with E-state index < -0.39 is 11.7 Å². The summed E-state index contributed by atoms with van der Waals surface area (Å²) in [6, 6.07) is 13.5. The lowest BCUT2D eigenvalue weighted by molar-refractivity contribution is -0.131. The van der Waals surface area contributed by atoms with Crippen LogP contribution in [0, 0.1) is 5.82 Å². The van der Waals surface area contributed by atoms with E-state index in [1.54, 1.807) is 11.0 Å². The maximum Gasteiger partial charge on any atom is 0.254 e. The van der Waals surface area contributed by atoms with E-state index in [0.29, 0.717) is 13.2 Å². The van der Waals surface area contributed by atoms with Crippen molar-refractivity contribution in [2.24, 2.45) is 0 Å². The second kappa shape index (κ2) is 8.66. The van der Waals surface area contributed by atoms with Crippen molar-refractivity contribution in [2.75, 3.05) is 19.7 Å². The van der Waals surface area contributed by atoms with Gasteiger partial charge in [-0.2, -0.15) is 0 Å². The minimum absolute atomic E-state index is 0.0152. The van der Waals surface area contributed by atoms with Crippen molar-refractivity contribution < 1.29 is 18.7 Å². The molecule has 1 aliphatic heterocycles. The van der Waals surface area contributed by atoms with Gasteiger partial charge in [-0.15, -0.1) is 0 Å². The Balaban J connectivity index is 1.62. The van der Waals surface area contributed by atoms with E-state index in [1.807, 2.05) is 31.2 Å². The highest BCUT2D eigenvalue weighted by Crippen LogP contribution is 2.32. The molecular formula is C21H23FN2O3. The van der Waals surface area contributed by atoms with Gasteiger partial charge in [0.25, 0.3) is 5.91 Å². The number of nitrogens with one attached hydrogen (secondary N) is 1. The predicted octanol–water partition coefficient (Wildman–Crippen LogP) is 3.32. The van der Waals surface area contributed by atoms with Crippen LogP contribution in [-0.4, -0.2) is 36.4 Å². The van der Waals surface area contributed by atoms with E-state index in [9.17, 15) is 14.0 Å². The van der Waals surface area contributed by atoms with Crippen molar-refractivity contribution in [2.45, 2.75) is 25.8 Å². The fraction of sp³-hybridized carbons (Fsp3) is 0.333. The molecule has 3 rings (SSSR count). The Morgan fingerprint density at radius 3 is 2.63 bits per heavy atom. The summed E-state index contributed by atoms with van der Waals surface area (Å²) in [4.78, 5) is 26.5. The lowest BCUT2D eigenvalue weighted by atomic mass is 10.0. The van der Waals surface area contributed by atoms with Gasteiger partial charge in [0.05, 0.1) is 24.8 Å². The van der Waals surface area contributed by atoms with Gasteiger partial charge >= 0.3 is 0 Å². The number of ether oxygens (including phenoxy) is 1. The summed E-state index contributed by atoms with van der Waals surface area (Å²) in [6.07, 6.45) is 1.78. The zero-order valence-corrected chi connectivity index (χ0v) is 15.3. The maximum absolute atomic E-state index is 13.7. The summed E-state index contributed by atoms with van der Waals surface area (Å²) in [7, 11) is 0. The number of rotatable bonds is 6. The Kier molecular flexibility index (Phi) is 6.06. The van der Waals surface area contributed by atoms with Crippen LogP contribution >= 0.6 is 0 Å². The topological polar surface area (TPSA) is 58.6 Å². The molecule has 0 unspecified atom stereocenters. The summed E-state index contributed by atoms with van der Waals surface area (Å²) in [5, 5.41) is 2.52. The second-order valence-corrected chi connectivity index (χ2v) is 6.41. The summed E-state index contributed by atoms with van der Waals surface area (Å²) >= 11 is 0. The molecule has 0 radical (unpaired) electrons. The maximum atomic E-state index is 13.7. The monoisotopic (exact) mass is 370 g/mol. The van der Waals surface area contributed by atoms with Crippen LogP contribution in [0.5, 0.6) is 5.75 Å². The van der Waals surface area contributed by atoms with E-state index in [0.717, 1.165) is 24.2 Å². The van der Waals surface area contributed by atoms with E-state index in [2.05, 4.69) is 5.32 Å². The lowest BCUT2D eigenvalue weighted by Gasteiger charge is -2.25. The Morgan fingerprint density at radius 2 is 1.93 bits per heavy atom. The van der Waals surface area contributed by atoms with Crippen LogP contribution in [0.25, 0.3) is 0 Å². The molecule has 0 aromatic heterocycles. The largest absolute Gasteiger partial charge is 0.494 e. The minimum Gasteiger partial charge on any atom is -0.494 e. The third-order valence-corrected chi connectivity index (χ3v) is 4.67. The summed E-state index contributed by atoms with van der Waals surface area (Å²) in [6.45, 7) is 3.03. The van der Waals surface area contributed by atoms with Gasteiger partial charge < -0.3 is 15.0 Å². The first kappa shape index (κ1) is 18.9. The van der Waals surface area contributed by atoms with Crippen LogP contribution in [0.1, 0.15) is 41.7 Å². The van der Waals surface area contributed by atoms with Crippen LogP contribution in [0.2, 0.25) is 0 Å². The van der Waals surface area contributed by atoms with Crippen molar-refractivity contribution in [1.29, 1.82) is 0 Å². The molecule has 6 heteroatoms. The summed E-state index contributed by atoms with van der Waals surface area (Å²) < 4.78 is 19.1. The van der Waals surface area contributed by atoms with Gasteiger partial charge in [-0.25, -0.2) is 4.39 Å². The molecule has 27 heavy (non-hydrogen) atoms. The van der Waals surface area contributed by atoms with Gasteiger partial charge in [-0.05, 0) is 49.6 Å². The number of carbonyl (C=O) groups excluding carboxylic acids is 2. The number of halogens is 1. The molecule has 0 bridgehead atoms. The number of hydrogen-bond acceptors (Lipinski definition) is 3.